The highest BCUT2D eigenvalue weighted by atomic mass is 16.5. The molecule has 1 unspecified atom stereocenters. The van der Waals surface area contributed by atoms with E-state index in [1.54, 1.807) is 17.7 Å². The normalized spacial score (nSPS) is 19.1. The van der Waals surface area contributed by atoms with Crippen LogP contribution in [-0.4, -0.2) is 35.2 Å². The minimum atomic E-state index is -0.427. The van der Waals surface area contributed by atoms with E-state index in [0.29, 0.717) is 24.6 Å². The molecule has 1 aliphatic heterocycles. The first kappa shape index (κ1) is 14.5. The first-order chi connectivity index (χ1) is 9.74. The lowest BCUT2D eigenvalue weighted by Crippen LogP contribution is -2.20. The van der Waals surface area contributed by atoms with Crippen molar-refractivity contribution in [2.75, 3.05) is 13.2 Å². The quantitative estimate of drug-likeness (QED) is 0.468. The molecule has 2 heterocycles. The molecule has 0 N–H and O–H groups in total. The van der Waals surface area contributed by atoms with Gasteiger partial charge in [-0.1, -0.05) is 0 Å². The predicted octanol–water partition coefficient (Wildman–Crippen LogP) is 1.97. The van der Waals surface area contributed by atoms with Gasteiger partial charge in [0.25, 0.3) is 0 Å². The summed E-state index contributed by atoms with van der Waals surface area (Å²) in [5.41, 5.74) is 0.981. The smallest absolute Gasteiger partial charge is 0.330 e. The van der Waals surface area contributed by atoms with Gasteiger partial charge in [-0.25, -0.2) is 9.48 Å². The third kappa shape index (κ3) is 3.54. The largest absolute Gasteiger partial charge is 0.463 e. The number of hydrogen-bond acceptors (Lipinski definition) is 5. The monoisotopic (exact) mass is 278 g/mol. The number of hydrogen-bond donors (Lipinski definition) is 0. The van der Waals surface area contributed by atoms with Crippen LogP contribution in [0.5, 0.6) is 0 Å². The molecule has 0 radical (unpaired) electrons. The van der Waals surface area contributed by atoms with Crippen molar-refractivity contribution in [1.29, 1.82) is 0 Å². The number of carbonyl (C=O) groups is 2. The van der Waals surface area contributed by atoms with Crippen molar-refractivity contribution < 1.29 is 19.1 Å². The van der Waals surface area contributed by atoms with Crippen LogP contribution in [-0.2, 0) is 14.3 Å². The number of rotatable bonds is 5. The summed E-state index contributed by atoms with van der Waals surface area (Å²) in [6, 6.07) is 1.63. The van der Waals surface area contributed by atoms with Crippen LogP contribution in [0.25, 0.3) is 6.08 Å². The number of ether oxygens (including phenoxy) is 2. The van der Waals surface area contributed by atoms with Crippen LogP contribution in [0, 0.1) is 0 Å². The molecule has 6 heteroatoms. The maximum atomic E-state index is 11.2. The Balaban J connectivity index is 2.13. The Morgan fingerprint density at radius 2 is 2.45 bits per heavy atom. The molecule has 20 heavy (non-hydrogen) atoms. The van der Waals surface area contributed by atoms with Crippen molar-refractivity contribution in [2.24, 2.45) is 0 Å². The SMILES string of the molecule is CCOC(=O)/C=C/c1cc(C=O)n(C2CCCCO2)n1. The van der Waals surface area contributed by atoms with E-state index in [1.807, 2.05) is 0 Å². The van der Waals surface area contributed by atoms with E-state index >= 15 is 0 Å². The second-order valence-electron chi connectivity index (χ2n) is 4.46. The standard InChI is InChI=1S/C14H18N2O4/c1-2-19-14(18)7-6-11-9-12(10-17)16(15-11)13-5-3-4-8-20-13/h6-7,9-10,13H,2-5,8H2,1H3/b7-6+. The third-order valence-corrected chi connectivity index (χ3v) is 3.01. The van der Waals surface area contributed by atoms with Crippen molar-refractivity contribution in [3.8, 4) is 0 Å². The highest BCUT2D eigenvalue weighted by molar-refractivity contribution is 5.87. The van der Waals surface area contributed by atoms with Gasteiger partial charge >= 0.3 is 5.97 Å². The maximum absolute atomic E-state index is 11.2. The van der Waals surface area contributed by atoms with Crippen LogP contribution < -0.4 is 0 Å². The van der Waals surface area contributed by atoms with Crippen molar-refractivity contribution in [3.63, 3.8) is 0 Å². The number of nitrogens with zero attached hydrogens (tertiary/aromatic N) is 2. The van der Waals surface area contributed by atoms with Crippen LogP contribution in [0.1, 0.15) is 48.6 Å². The van der Waals surface area contributed by atoms with Crippen LogP contribution in [0.2, 0.25) is 0 Å². The number of carbonyl (C=O) groups excluding carboxylic acids is 2. The molecule has 6 nitrogen and oxygen atoms in total. The summed E-state index contributed by atoms with van der Waals surface area (Å²) in [6.07, 6.45) is 6.29. The molecule has 1 aliphatic rings. The van der Waals surface area contributed by atoms with Crippen LogP contribution in [0.4, 0.5) is 0 Å². The van der Waals surface area contributed by atoms with Gasteiger partial charge in [-0.2, -0.15) is 5.10 Å². The van der Waals surface area contributed by atoms with E-state index in [1.165, 1.54) is 12.2 Å². The summed E-state index contributed by atoms with van der Waals surface area (Å²) in [4.78, 5) is 22.3. The van der Waals surface area contributed by atoms with Crippen LogP contribution >= 0.6 is 0 Å². The van der Waals surface area contributed by atoms with Crippen molar-refractivity contribution in [1.82, 2.24) is 9.78 Å². The molecule has 1 aromatic rings. The molecule has 1 atom stereocenters. The molecule has 0 amide bonds. The molecule has 2 rings (SSSR count). The number of aromatic nitrogens is 2. The highest BCUT2D eigenvalue weighted by Gasteiger charge is 2.19. The van der Waals surface area contributed by atoms with E-state index in [-0.39, 0.29) is 6.23 Å². The molecular formula is C14H18N2O4. The maximum Gasteiger partial charge on any atom is 0.330 e. The van der Waals surface area contributed by atoms with Crippen LogP contribution in [0.15, 0.2) is 12.1 Å². The summed E-state index contributed by atoms with van der Waals surface area (Å²) in [6.45, 7) is 2.75. The topological polar surface area (TPSA) is 70.4 Å². The fraction of sp³-hybridized carbons (Fsp3) is 0.500. The minimum Gasteiger partial charge on any atom is -0.463 e. The van der Waals surface area contributed by atoms with E-state index < -0.39 is 5.97 Å². The lowest BCUT2D eigenvalue weighted by atomic mass is 10.2. The molecule has 1 aromatic heterocycles. The van der Waals surface area contributed by atoms with Crippen molar-refractivity contribution in [3.05, 3.63) is 23.5 Å². The van der Waals surface area contributed by atoms with E-state index in [2.05, 4.69) is 5.10 Å². The minimum absolute atomic E-state index is 0.200. The van der Waals surface area contributed by atoms with Gasteiger partial charge in [-0.05, 0) is 38.3 Å². The molecule has 0 aromatic carbocycles. The third-order valence-electron chi connectivity index (χ3n) is 3.01. The van der Waals surface area contributed by atoms with E-state index in [0.717, 1.165) is 25.5 Å². The lowest BCUT2D eigenvalue weighted by Gasteiger charge is -2.23. The molecule has 0 saturated carbocycles. The van der Waals surface area contributed by atoms with Gasteiger partial charge < -0.3 is 9.47 Å². The summed E-state index contributed by atoms with van der Waals surface area (Å²) < 4.78 is 12.0. The molecule has 0 aliphatic carbocycles. The van der Waals surface area contributed by atoms with E-state index in [9.17, 15) is 9.59 Å². The zero-order valence-electron chi connectivity index (χ0n) is 11.4. The van der Waals surface area contributed by atoms with E-state index in [4.69, 9.17) is 9.47 Å². The Morgan fingerprint density at radius 1 is 1.60 bits per heavy atom. The zero-order valence-corrected chi connectivity index (χ0v) is 11.4. The summed E-state index contributed by atoms with van der Waals surface area (Å²) in [5.74, 6) is -0.427. The highest BCUT2D eigenvalue weighted by Crippen LogP contribution is 2.23. The second kappa shape index (κ2) is 7.00. The Kier molecular flexibility index (Phi) is 5.06. The van der Waals surface area contributed by atoms with Gasteiger partial charge in [0.2, 0.25) is 0 Å². The van der Waals surface area contributed by atoms with Crippen molar-refractivity contribution in [2.45, 2.75) is 32.4 Å². The first-order valence-corrected chi connectivity index (χ1v) is 6.75. The molecule has 0 spiro atoms. The van der Waals surface area contributed by atoms with Gasteiger partial charge in [0.15, 0.2) is 12.5 Å². The molecular weight excluding hydrogens is 260 g/mol. The molecule has 0 bridgehead atoms. The summed E-state index contributed by atoms with van der Waals surface area (Å²) >= 11 is 0. The molecule has 108 valence electrons. The number of esters is 1. The average Bonchev–Trinajstić information content (AvgIpc) is 2.90. The predicted molar refractivity (Wildman–Crippen MR) is 72.1 cm³/mol. The van der Waals surface area contributed by atoms with Crippen molar-refractivity contribution >= 4 is 18.3 Å². The summed E-state index contributed by atoms with van der Waals surface area (Å²) in [7, 11) is 0. The zero-order chi connectivity index (χ0) is 14.4. The molecule has 1 fully saturated rings. The molecule has 1 saturated heterocycles. The van der Waals surface area contributed by atoms with Crippen LogP contribution in [0.3, 0.4) is 0 Å². The van der Waals surface area contributed by atoms with Gasteiger partial charge in [0, 0.05) is 12.7 Å². The Labute approximate surface area is 117 Å². The average molecular weight is 278 g/mol. The van der Waals surface area contributed by atoms with Gasteiger partial charge in [-0.3, -0.25) is 4.79 Å². The second-order valence-corrected chi connectivity index (χ2v) is 4.46. The Hall–Kier alpha value is -1.95. The van der Waals surface area contributed by atoms with Gasteiger partial charge in [0.05, 0.1) is 12.3 Å². The summed E-state index contributed by atoms with van der Waals surface area (Å²) in [5, 5.41) is 4.30. The first-order valence-electron chi connectivity index (χ1n) is 6.75. The fourth-order valence-corrected chi connectivity index (χ4v) is 2.09. The van der Waals surface area contributed by atoms with Gasteiger partial charge in [0.1, 0.15) is 5.69 Å². The number of aldehydes is 1. The Bertz CT molecular complexity index is 501. The van der Waals surface area contributed by atoms with Gasteiger partial charge in [-0.15, -0.1) is 0 Å². The Morgan fingerprint density at radius 3 is 3.10 bits per heavy atom. The lowest BCUT2D eigenvalue weighted by molar-refractivity contribution is -0.137. The fourth-order valence-electron chi connectivity index (χ4n) is 2.09.